The Morgan fingerprint density at radius 2 is 1.90 bits per heavy atom. The molecule has 0 heterocycles. The molecule has 0 amide bonds. The molecule has 0 aliphatic heterocycles. The fraction of sp³-hybridized carbons (Fsp3) is 0.250. The van der Waals surface area contributed by atoms with Gasteiger partial charge in [0.05, 0.1) is 7.11 Å². The quantitative estimate of drug-likeness (QED) is 0.867. The Hall–Kier alpha value is -1.52. The van der Waals surface area contributed by atoms with Gasteiger partial charge in [0.15, 0.2) is 0 Å². The Morgan fingerprint density at radius 3 is 2.55 bits per heavy atom. The van der Waals surface area contributed by atoms with Crippen LogP contribution in [0.15, 0.2) is 46.9 Å². The first kappa shape index (κ1) is 14.9. The minimum atomic E-state index is 0.0359. The lowest BCUT2D eigenvalue weighted by molar-refractivity contribution is 0.407. The van der Waals surface area contributed by atoms with Crippen LogP contribution in [0.25, 0.3) is 0 Å². The molecule has 0 saturated carbocycles. The van der Waals surface area contributed by atoms with Crippen molar-refractivity contribution in [3.05, 3.63) is 58.1 Å². The molecule has 4 heteroatoms. The predicted octanol–water partition coefficient (Wildman–Crippen LogP) is 4.01. The summed E-state index contributed by atoms with van der Waals surface area (Å²) in [6, 6.07) is 13.5. The number of nitrogens with one attached hydrogen (secondary N) is 1. The van der Waals surface area contributed by atoms with Gasteiger partial charge in [-0.1, -0.05) is 28.1 Å². The maximum absolute atomic E-state index is 9.93. The van der Waals surface area contributed by atoms with Crippen LogP contribution in [0.1, 0.15) is 24.1 Å². The maximum Gasteiger partial charge on any atom is 0.120 e. The topological polar surface area (TPSA) is 41.5 Å². The summed E-state index contributed by atoms with van der Waals surface area (Å²) < 4.78 is 6.26. The first-order chi connectivity index (χ1) is 9.60. The van der Waals surface area contributed by atoms with E-state index >= 15 is 0 Å². The number of rotatable bonds is 5. The standard InChI is InChI=1S/C16H18BrNO2/c1-11(15-9-14(20-2)7-8-16(15)19)18-10-12-3-5-13(17)6-4-12/h3-9,11,18-19H,10H2,1-2H3. The number of hydrogen-bond acceptors (Lipinski definition) is 3. The van der Waals surface area contributed by atoms with E-state index in [1.165, 1.54) is 5.56 Å². The van der Waals surface area contributed by atoms with E-state index in [0.29, 0.717) is 0 Å². The van der Waals surface area contributed by atoms with Crippen LogP contribution < -0.4 is 10.1 Å². The van der Waals surface area contributed by atoms with Gasteiger partial charge >= 0.3 is 0 Å². The number of halogens is 1. The molecule has 2 rings (SSSR count). The third-order valence-corrected chi connectivity index (χ3v) is 3.76. The molecule has 1 unspecified atom stereocenters. The van der Waals surface area contributed by atoms with Crippen molar-refractivity contribution in [2.75, 3.05) is 7.11 Å². The van der Waals surface area contributed by atoms with E-state index in [4.69, 9.17) is 4.74 Å². The molecule has 0 radical (unpaired) electrons. The Bertz CT molecular complexity index is 569. The molecule has 106 valence electrons. The highest BCUT2D eigenvalue weighted by atomic mass is 79.9. The third kappa shape index (κ3) is 3.74. The van der Waals surface area contributed by atoms with E-state index in [1.54, 1.807) is 19.2 Å². The van der Waals surface area contributed by atoms with Crippen molar-refractivity contribution >= 4 is 15.9 Å². The van der Waals surface area contributed by atoms with Gasteiger partial charge in [-0.25, -0.2) is 0 Å². The zero-order valence-corrected chi connectivity index (χ0v) is 13.1. The van der Waals surface area contributed by atoms with E-state index in [9.17, 15) is 5.11 Å². The fourth-order valence-electron chi connectivity index (χ4n) is 1.99. The molecule has 2 aromatic rings. The number of aromatic hydroxyl groups is 1. The monoisotopic (exact) mass is 335 g/mol. The summed E-state index contributed by atoms with van der Waals surface area (Å²) in [4.78, 5) is 0. The van der Waals surface area contributed by atoms with Crippen LogP contribution in [-0.2, 0) is 6.54 Å². The second kappa shape index (κ2) is 6.77. The molecule has 0 aliphatic carbocycles. The number of phenols is 1. The number of phenolic OH excluding ortho intramolecular Hbond substituents is 1. The molecule has 0 aliphatic rings. The van der Waals surface area contributed by atoms with Gasteiger partial charge in [-0.3, -0.25) is 0 Å². The molecule has 2 N–H and O–H groups in total. The lowest BCUT2D eigenvalue weighted by atomic mass is 10.1. The van der Waals surface area contributed by atoms with Crippen molar-refractivity contribution in [3.8, 4) is 11.5 Å². The van der Waals surface area contributed by atoms with Gasteiger partial charge in [0, 0.05) is 22.6 Å². The van der Waals surface area contributed by atoms with E-state index in [-0.39, 0.29) is 11.8 Å². The van der Waals surface area contributed by atoms with E-state index in [2.05, 4.69) is 33.4 Å². The highest BCUT2D eigenvalue weighted by Gasteiger charge is 2.11. The molecule has 0 fully saturated rings. The van der Waals surface area contributed by atoms with Crippen molar-refractivity contribution < 1.29 is 9.84 Å². The van der Waals surface area contributed by atoms with Gasteiger partial charge in [0.25, 0.3) is 0 Å². The van der Waals surface area contributed by atoms with Crippen LogP contribution in [-0.4, -0.2) is 12.2 Å². The summed E-state index contributed by atoms with van der Waals surface area (Å²) in [5.74, 6) is 1.02. The highest BCUT2D eigenvalue weighted by Crippen LogP contribution is 2.28. The average molecular weight is 336 g/mol. The number of hydrogen-bond donors (Lipinski definition) is 2. The summed E-state index contributed by atoms with van der Waals surface area (Å²) in [6.07, 6.45) is 0. The second-order valence-electron chi connectivity index (χ2n) is 4.65. The first-order valence-corrected chi connectivity index (χ1v) is 7.24. The molecule has 3 nitrogen and oxygen atoms in total. The minimum absolute atomic E-state index is 0.0359. The second-order valence-corrected chi connectivity index (χ2v) is 5.57. The largest absolute Gasteiger partial charge is 0.508 e. The Kier molecular flexibility index (Phi) is 5.04. The average Bonchev–Trinajstić information content (AvgIpc) is 2.47. The summed E-state index contributed by atoms with van der Waals surface area (Å²) in [6.45, 7) is 2.76. The van der Waals surface area contributed by atoms with Gasteiger partial charge < -0.3 is 15.2 Å². The van der Waals surface area contributed by atoms with E-state index < -0.39 is 0 Å². The summed E-state index contributed by atoms with van der Waals surface area (Å²) in [5.41, 5.74) is 2.03. The lowest BCUT2D eigenvalue weighted by Gasteiger charge is -2.16. The zero-order valence-electron chi connectivity index (χ0n) is 11.6. The molecule has 0 aromatic heterocycles. The Balaban J connectivity index is 2.04. The van der Waals surface area contributed by atoms with Gasteiger partial charge in [-0.2, -0.15) is 0 Å². The third-order valence-electron chi connectivity index (χ3n) is 3.23. The van der Waals surface area contributed by atoms with Crippen molar-refractivity contribution in [2.45, 2.75) is 19.5 Å². The van der Waals surface area contributed by atoms with Gasteiger partial charge in [0.2, 0.25) is 0 Å². The van der Waals surface area contributed by atoms with Crippen molar-refractivity contribution in [1.82, 2.24) is 5.32 Å². The van der Waals surface area contributed by atoms with Crippen LogP contribution in [0.5, 0.6) is 11.5 Å². The molecular weight excluding hydrogens is 318 g/mol. The fourth-order valence-corrected chi connectivity index (χ4v) is 2.25. The molecule has 20 heavy (non-hydrogen) atoms. The van der Waals surface area contributed by atoms with E-state index in [0.717, 1.165) is 22.3 Å². The van der Waals surface area contributed by atoms with Crippen LogP contribution in [0.4, 0.5) is 0 Å². The normalized spacial score (nSPS) is 12.2. The summed E-state index contributed by atoms with van der Waals surface area (Å²) >= 11 is 3.42. The Labute approximate surface area is 127 Å². The first-order valence-electron chi connectivity index (χ1n) is 6.45. The van der Waals surface area contributed by atoms with Crippen molar-refractivity contribution in [1.29, 1.82) is 0 Å². The molecule has 0 spiro atoms. The van der Waals surface area contributed by atoms with Gasteiger partial charge in [-0.05, 0) is 42.8 Å². The highest BCUT2D eigenvalue weighted by molar-refractivity contribution is 9.10. The van der Waals surface area contributed by atoms with Crippen LogP contribution >= 0.6 is 15.9 Å². The summed E-state index contributed by atoms with van der Waals surface area (Å²) in [5, 5.41) is 13.3. The lowest BCUT2D eigenvalue weighted by Crippen LogP contribution is -2.18. The molecule has 1 atom stereocenters. The number of ether oxygens (including phenoxy) is 1. The molecule has 0 bridgehead atoms. The van der Waals surface area contributed by atoms with Crippen LogP contribution in [0.2, 0.25) is 0 Å². The maximum atomic E-state index is 9.93. The van der Waals surface area contributed by atoms with Crippen molar-refractivity contribution in [3.63, 3.8) is 0 Å². The van der Waals surface area contributed by atoms with Crippen LogP contribution in [0, 0.1) is 0 Å². The number of benzene rings is 2. The van der Waals surface area contributed by atoms with E-state index in [1.807, 2.05) is 25.1 Å². The Morgan fingerprint density at radius 1 is 1.20 bits per heavy atom. The zero-order chi connectivity index (χ0) is 14.5. The summed E-state index contributed by atoms with van der Waals surface area (Å²) in [7, 11) is 1.62. The predicted molar refractivity (Wildman–Crippen MR) is 84.1 cm³/mol. The smallest absolute Gasteiger partial charge is 0.120 e. The van der Waals surface area contributed by atoms with Gasteiger partial charge in [0.1, 0.15) is 11.5 Å². The molecule has 0 saturated heterocycles. The van der Waals surface area contributed by atoms with Crippen LogP contribution in [0.3, 0.4) is 0 Å². The van der Waals surface area contributed by atoms with Crippen molar-refractivity contribution in [2.24, 2.45) is 0 Å². The molecule has 2 aromatic carbocycles. The number of methoxy groups -OCH3 is 1. The van der Waals surface area contributed by atoms with Gasteiger partial charge in [-0.15, -0.1) is 0 Å². The SMILES string of the molecule is COc1ccc(O)c(C(C)NCc2ccc(Br)cc2)c1. The minimum Gasteiger partial charge on any atom is -0.508 e. The molecular formula is C16H18BrNO2.